The summed E-state index contributed by atoms with van der Waals surface area (Å²) in [6.45, 7) is 9.52. The molecule has 7 nitrogen and oxygen atoms in total. The van der Waals surface area contributed by atoms with E-state index in [-0.39, 0.29) is 10.9 Å². The lowest BCUT2D eigenvalue weighted by Crippen LogP contribution is -2.33. The molecule has 2 aromatic rings. The van der Waals surface area contributed by atoms with Gasteiger partial charge in [-0.05, 0) is 38.8 Å². The first-order valence-corrected chi connectivity index (χ1v) is 12.2. The first-order valence-electron chi connectivity index (χ1n) is 9.79. The first kappa shape index (κ1) is 21.0. The molecule has 28 heavy (non-hydrogen) atoms. The van der Waals surface area contributed by atoms with Gasteiger partial charge in [0.2, 0.25) is 10.0 Å². The molecule has 2 aromatic heterocycles. The summed E-state index contributed by atoms with van der Waals surface area (Å²) in [6, 6.07) is 3.37. The van der Waals surface area contributed by atoms with Gasteiger partial charge in [-0.3, -0.25) is 0 Å². The Labute approximate surface area is 171 Å². The lowest BCUT2D eigenvalue weighted by atomic mass is 10.2. The monoisotopic (exact) mass is 423 g/mol. The van der Waals surface area contributed by atoms with Crippen LogP contribution in [-0.4, -0.2) is 50.6 Å². The second kappa shape index (κ2) is 9.19. The molecular formula is C19H29N5O2S2. The highest BCUT2D eigenvalue weighted by Gasteiger charge is 2.20. The predicted molar refractivity (Wildman–Crippen MR) is 115 cm³/mol. The summed E-state index contributed by atoms with van der Waals surface area (Å²) in [5.41, 5.74) is 1.06. The first-order chi connectivity index (χ1) is 13.4. The van der Waals surface area contributed by atoms with E-state index in [1.165, 1.54) is 6.20 Å². The number of hydrogen-bond acceptors (Lipinski definition) is 7. The number of anilines is 2. The number of nitrogens with zero attached hydrogens (tertiary/aromatic N) is 4. The maximum atomic E-state index is 12.5. The summed E-state index contributed by atoms with van der Waals surface area (Å²) >= 11 is 1.68. The average Bonchev–Trinajstić information content (AvgIpc) is 2.94. The van der Waals surface area contributed by atoms with Crippen LogP contribution in [0.25, 0.3) is 0 Å². The molecule has 0 radical (unpaired) electrons. The van der Waals surface area contributed by atoms with Crippen molar-refractivity contribution in [3.05, 3.63) is 29.4 Å². The molecule has 9 heteroatoms. The summed E-state index contributed by atoms with van der Waals surface area (Å²) in [5.74, 6) is 0.817. The van der Waals surface area contributed by atoms with E-state index in [0.29, 0.717) is 0 Å². The van der Waals surface area contributed by atoms with Crippen LogP contribution in [-0.2, 0) is 10.0 Å². The highest BCUT2D eigenvalue weighted by Crippen LogP contribution is 2.23. The largest absolute Gasteiger partial charge is 0.355 e. The van der Waals surface area contributed by atoms with Crippen molar-refractivity contribution in [1.82, 2.24) is 14.7 Å². The van der Waals surface area contributed by atoms with E-state index in [4.69, 9.17) is 0 Å². The SMILES string of the molecule is CCCC(C)NS(=O)(=O)c1ccc(N2CCCN(c3nc(C)cs3)CC2)nc1. The van der Waals surface area contributed by atoms with Crippen LogP contribution in [0.1, 0.15) is 38.8 Å². The third kappa shape index (κ3) is 5.21. The Morgan fingerprint density at radius 2 is 1.96 bits per heavy atom. The average molecular weight is 424 g/mol. The summed E-state index contributed by atoms with van der Waals surface area (Å²) in [6.07, 6.45) is 4.22. The Morgan fingerprint density at radius 1 is 1.21 bits per heavy atom. The standard InChI is InChI=1S/C19H29N5O2S2/c1-4-6-15(2)22-28(25,26)17-7-8-18(20-13-17)23-9-5-10-24(12-11-23)19-21-16(3)14-27-19/h7-8,13-15,22H,4-6,9-12H2,1-3H3. The van der Waals surface area contributed by atoms with Crippen LogP contribution in [0.5, 0.6) is 0 Å². The van der Waals surface area contributed by atoms with E-state index in [1.54, 1.807) is 17.4 Å². The summed E-state index contributed by atoms with van der Waals surface area (Å²) in [7, 11) is -3.53. The fourth-order valence-electron chi connectivity index (χ4n) is 3.37. The smallest absolute Gasteiger partial charge is 0.242 e. The maximum absolute atomic E-state index is 12.5. The van der Waals surface area contributed by atoms with Gasteiger partial charge in [0.25, 0.3) is 0 Å². The lowest BCUT2D eigenvalue weighted by Gasteiger charge is -2.22. The van der Waals surface area contributed by atoms with Crippen LogP contribution < -0.4 is 14.5 Å². The van der Waals surface area contributed by atoms with Crippen molar-refractivity contribution in [2.24, 2.45) is 0 Å². The minimum Gasteiger partial charge on any atom is -0.355 e. The number of rotatable bonds is 7. The van der Waals surface area contributed by atoms with Crippen molar-refractivity contribution < 1.29 is 8.42 Å². The molecule has 3 rings (SSSR count). The zero-order chi connectivity index (χ0) is 20.1. The summed E-state index contributed by atoms with van der Waals surface area (Å²) in [4.78, 5) is 13.8. The number of nitrogens with one attached hydrogen (secondary N) is 1. The molecule has 0 aliphatic carbocycles. The molecule has 0 spiro atoms. The molecule has 0 amide bonds. The van der Waals surface area contributed by atoms with Crippen LogP contribution in [0.4, 0.5) is 10.9 Å². The third-order valence-electron chi connectivity index (χ3n) is 4.81. The molecule has 1 aliphatic rings. The molecule has 1 unspecified atom stereocenters. The van der Waals surface area contributed by atoms with Gasteiger partial charge in [-0.25, -0.2) is 23.1 Å². The van der Waals surface area contributed by atoms with Crippen LogP contribution >= 0.6 is 11.3 Å². The Morgan fingerprint density at radius 3 is 2.61 bits per heavy atom. The quantitative estimate of drug-likeness (QED) is 0.737. The van der Waals surface area contributed by atoms with Gasteiger partial charge in [-0.15, -0.1) is 11.3 Å². The van der Waals surface area contributed by atoms with Gasteiger partial charge < -0.3 is 9.80 Å². The minimum absolute atomic E-state index is 0.0826. The van der Waals surface area contributed by atoms with Gasteiger partial charge in [0.1, 0.15) is 10.7 Å². The topological polar surface area (TPSA) is 78.4 Å². The Kier molecular flexibility index (Phi) is 6.90. The normalized spacial score (nSPS) is 16.8. The van der Waals surface area contributed by atoms with Crippen molar-refractivity contribution >= 4 is 32.3 Å². The molecule has 0 aromatic carbocycles. The van der Waals surface area contributed by atoms with E-state index in [1.807, 2.05) is 26.8 Å². The van der Waals surface area contributed by atoms with Crippen molar-refractivity contribution in [2.75, 3.05) is 36.0 Å². The van der Waals surface area contributed by atoms with Gasteiger partial charge in [0.15, 0.2) is 5.13 Å². The molecule has 154 valence electrons. The van der Waals surface area contributed by atoms with Crippen LogP contribution in [0, 0.1) is 6.92 Å². The van der Waals surface area contributed by atoms with Crippen LogP contribution in [0.15, 0.2) is 28.6 Å². The second-order valence-electron chi connectivity index (χ2n) is 7.26. The lowest BCUT2D eigenvalue weighted by molar-refractivity contribution is 0.543. The minimum atomic E-state index is -3.53. The zero-order valence-corrected chi connectivity index (χ0v) is 18.4. The molecule has 3 heterocycles. The fourth-order valence-corrected chi connectivity index (χ4v) is 5.45. The zero-order valence-electron chi connectivity index (χ0n) is 16.8. The molecule has 0 bridgehead atoms. The Hall–Kier alpha value is -1.71. The maximum Gasteiger partial charge on any atom is 0.242 e. The van der Waals surface area contributed by atoms with Gasteiger partial charge in [-0.1, -0.05) is 13.3 Å². The van der Waals surface area contributed by atoms with Crippen LogP contribution in [0.2, 0.25) is 0 Å². The van der Waals surface area contributed by atoms with Gasteiger partial charge in [-0.2, -0.15) is 0 Å². The molecule has 0 saturated carbocycles. The van der Waals surface area contributed by atoms with Crippen molar-refractivity contribution in [2.45, 2.75) is 51.0 Å². The highest BCUT2D eigenvalue weighted by molar-refractivity contribution is 7.89. The molecule has 1 saturated heterocycles. The summed E-state index contributed by atoms with van der Waals surface area (Å²) < 4.78 is 27.7. The molecule has 1 N–H and O–H groups in total. The van der Waals surface area contributed by atoms with Gasteiger partial charge in [0, 0.05) is 43.8 Å². The number of sulfonamides is 1. The van der Waals surface area contributed by atoms with Crippen molar-refractivity contribution in [3.8, 4) is 0 Å². The van der Waals surface area contributed by atoms with E-state index >= 15 is 0 Å². The highest BCUT2D eigenvalue weighted by atomic mass is 32.2. The van der Waals surface area contributed by atoms with E-state index in [0.717, 1.165) is 62.1 Å². The number of thiazole rings is 1. The van der Waals surface area contributed by atoms with Crippen molar-refractivity contribution in [1.29, 1.82) is 0 Å². The second-order valence-corrected chi connectivity index (χ2v) is 9.81. The molecule has 1 aliphatic heterocycles. The van der Waals surface area contributed by atoms with E-state index < -0.39 is 10.0 Å². The van der Waals surface area contributed by atoms with E-state index in [9.17, 15) is 8.42 Å². The molecule has 1 atom stereocenters. The molecule has 1 fully saturated rings. The van der Waals surface area contributed by atoms with E-state index in [2.05, 4.69) is 29.9 Å². The molecular weight excluding hydrogens is 394 g/mol. The predicted octanol–water partition coefficient (Wildman–Crippen LogP) is 3.03. The fraction of sp³-hybridized carbons (Fsp3) is 0.579. The van der Waals surface area contributed by atoms with Gasteiger partial charge >= 0.3 is 0 Å². The number of aromatic nitrogens is 2. The Bertz CT molecular complexity index is 867. The van der Waals surface area contributed by atoms with Crippen LogP contribution in [0.3, 0.4) is 0 Å². The number of pyridine rings is 1. The van der Waals surface area contributed by atoms with Crippen molar-refractivity contribution in [3.63, 3.8) is 0 Å². The summed E-state index contributed by atoms with van der Waals surface area (Å²) in [5, 5.41) is 3.15. The Balaban J connectivity index is 1.65. The third-order valence-corrected chi connectivity index (χ3v) is 7.40. The number of hydrogen-bond donors (Lipinski definition) is 1. The number of aryl methyl sites for hydroxylation is 1. The van der Waals surface area contributed by atoms with Gasteiger partial charge in [0.05, 0.1) is 5.69 Å².